The highest BCUT2D eigenvalue weighted by atomic mass is 16.7. The number of cyclic esters (lactones) is 1. The van der Waals surface area contributed by atoms with Gasteiger partial charge in [0.25, 0.3) is 0 Å². The van der Waals surface area contributed by atoms with Crippen LogP contribution in [-0.2, 0) is 57.0 Å². The van der Waals surface area contributed by atoms with Crippen molar-refractivity contribution in [3.63, 3.8) is 0 Å². The number of hydrogen-bond acceptors (Lipinski definition) is 17. The summed E-state index contributed by atoms with van der Waals surface area (Å²) in [5.41, 5.74) is -4.28. The molecule has 0 aromatic rings. The molecule has 4 rings (SSSR count). The number of rotatable bonds is 14. The maximum Gasteiger partial charge on any atom is 0.311 e. The fraction of sp³-hybridized carbons (Fsp3) is 0.936. The number of carbonyl (C=O) groups is 3. The Morgan fingerprint density at radius 3 is 2.09 bits per heavy atom. The lowest BCUT2D eigenvalue weighted by Gasteiger charge is -2.50. The van der Waals surface area contributed by atoms with Gasteiger partial charge in [0, 0.05) is 77.6 Å². The quantitative estimate of drug-likeness (QED) is 0.145. The molecule has 4 N–H and O–H groups in total. The monoisotopic (exact) mass is 917 g/mol. The van der Waals surface area contributed by atoms with Gasteiger partial charge in [-0.2, -0.15) is 0 Å². The minimum Gasteiger partial charge on any atom is -0.459 e. The van der Waals surface area contributed by atoms with Crippen molar-refractivity contribution in [2.24, 2.45) is 23.7 Å². The number of Topliss-reactive ketones (excluding diaryl/α,β-unsaturated/α-hetero) is 1. The van der Waals surface area contributed by atoms with Crippen molar-refractivity contribution in [3.05, 3.63) is 0 Å². The van der Waals surface area contributed by atoms with E-state index >= 15 is 0 Å². The van der Waals surface area contributed by atoms with E-state index in [0.717, 1.165) is 38.9 Å². The van der Waals surface area contributed by atoms with Gasteiger partial charge in [-0.15, -0.1) is 0 Å². The number of nitrogens with one attached hydrogen (secondary N) is 1. The molecule has 18 atom stereocenters. The summed E-state index contributed by atoms with van der Waals surface area (Å²) in [5.74, 6) is -4.99. The molecule has 0 aliphatic carbocycles. The molecule has 17 heteroatoms. The van der Waals surface area contributed by atoms with Crippen LogP contribution in [0.3, 0.4) is 0 Å². The predicted molar refractivity (Wildman–Crippen MR) is 236 cm³/mol. The Labute approximate surface area is 382 Å². The molecule has 0 bridgehead atoms. The molecule has 0 unspecified atom stereocenters. The molecule has 17 nitrogen and oxygen atoms in total. The van der Waals surface area contributed by atoms with Crippen LogP contribution in [0.1, 0.15) is 121 Å². The molecule has 4 aliphatic rings. The first-order valence-electron chi connectivity index (χ1n) is 23.7. The minimum absolute atomic E-state index is 0.118. The molecule has 64 heavy (non-hydrogen) atoms. The van der Waals surface area contributed by atoms with Crippen molar-refractivity contribution in [2.45, 2.75) is 211 Å². The van der Waals surface area contributed by atoms with Crippen molar-refractivity contribution in [1.29, 1.82) is 0 Å². The van der Waals surface area contributed by atoms with E-state index in [4.69, 9.17) is 42.6 Å². The smallest absolute Gasteiger partial charge is 0.311 e. The Kier molecular flexibility index (Phi) is 20.0. The van der Waals surface area contributed by atoms with E-state index < -0.39 is 108 Å². The van der Waals surface area contributed by atoms with Crippen molar-refractivity contribution >= 4 is 17.7 Å². The Balaban J connectivity index is 1.80. The first-order chi connectivity index (χ1) is 30.0. The number of aliphatic hydroxyl groups excluding tert-OH is 2. The van der Waals surface area contributed by atoms with E-state index in [0.29, 0.717) is 13.0 Å². The van der Waals surface area contributed by atoms with Gasteiger partial charge in [0.15, 0.2) is 18.7 Å². The molecule has 0 radical (unpaired) electrons. The highest BCUT2D eigenvalue weighted by Gasteiger charge is 2.55. The average Bonchev–Trinajstić information content (AvgIpc) is 3.25. The van der Waals surface area contributed by atoms with Gasteiger partial charge < -0.3 is 68.2 Å². The first kappa shape index (κ1) is 54.7. The minimum atomic E-state index is -1.99. The van der Waals surface area contributed by atoms with Gasteiger partial charge >= 0.3 is 11.9 Å². The van der Waals surface area contributed by atoms with Crippen LogP contribution in [0.5, 0.6) is 0 Å². The van der Waals surface area contributed by atoms with E-state index in [9.17, 15) is 29.7 Å². The molecule has 0 amide bonds. The van der Waals surface area contributed by atoms with E-state index in [-0.39, 0.29) is 43.3 Å². The van der Waals surface area contributed by atoms with E-state index in [1.54, 1.807) is 41.7 Å². The molecule has 4 saturated heterocycles. The zero-order chi connectivity index (χ0) is 47.9. The van der Waals surface area contributed by atoms with Crippen LogP contribution in [0.2, 0.25) is 0 Å². The molecule has 0 saturated carbocycles. The average molecular weight is 917 g/mol. The molecule has 0 aromatic heterocycles. The summed E-state index contributed by atoms with van der Waals surface area (Å²) in [4.78, 5) is 43.3. The molecular weight excluding hydrogens is 833 g/mol. The maximum absolute atomic E-state index is 14.5. The number of aliphatic hydroxyl groups is 3. The number of likely N-dealkylation sites (N-methyl/N-ethyl adjacent to an activating group) is 1. The second-order valence-electron chi connectivity index (χ2n) is 19.9. The summed E-state index contributed by atoms with van der Waals surface area (Å²) in [6, 6.07) is -0.155. The Morgan fingerprint density at radius 1 is 0.891 bits per heavy atom. The maximum atomic E-state index is 14.5. The summed E-state index contributed by atoms with van der Waals surface area (Å²) in [6.07, 6.45) is -5.84. The second-order valence-corrected chi connectivity index (χ2v) is 19.9. The fourth-order valence-corrected chi connectivity index (χ4v) is 10.6. The third-order valence-corrected chi connectivity index (χ3v) is 14.7. The van der Waals surface area contributed by atoms with Crippen molar-refractivity contribution in [2.75, 3.05) is 47.5 Å². The zero-order valence-electron chi connectivity index (χ0n) is 41.2. The highest BCUT2D eigenvalue weighted by Crippen LogP contribution is 2.42. The van der Waals surface area contributed by atoms with Crippen LogP contribution in [0.15, 0.2) is 0 Å². The molecule has 0 aromatic carbocycles. The largest absolute Gasteiger partial charge is 0.459 e. The highest BCUT2D eigenvalue weighted by molar-refractivity contribution is 5.83. The number of ether oxygens (including phenoxy) is 9. The topological polar surface area (TPSA) is 210 Å². The van der Waals surface area contributed by atoms with Crippen LogP contribution in [-0.4, -0.2) is 176 Å². The summed E-state index contributed by atoms with van der Waals surface area (Å²) in [6.45, 7) is 21.7. The molecule has 4 heterocycles. The number of likely N-dealkylation sites (tertiary alicyclic amines) is 1. The Bertz CT molecular complexity index is 1500. The number of methoxy groups -OCH3 is 2. The first-order valence-corrected chi connectivity index (χ1v) is 23.7. The predicted octanol–water partition coefficient (Wildman–Crippen LogP) is 3.54. The number of esters is 2. The van der Waals surface area contributed by atoms with E-state index in [1.807, 2.05) is 34.7 Å². The molecule has 0 spiro atoms. The van der Waals surface area contributed by atoms with Gasteiger partial charge in [-0.05, 0) is 87.1 Å². The van der Waals surface area contributed by atoms with Gasteiger partial charge in [0.1, 0.15) is 29.2 Å². The Morgan fingerprint density at radius 2 is 1.52 bits per heavy atom. The summed E-state index contributed by atoms with van der Waals surface area (Å²) >= 11 is 0. The Hall–Kier alpha value is -1.87. The SMILES string of the molecule is CC[C@H]1OC(=O)[C@H](C)[C@@H](O[C@H]2C[C@@](C)(OC)[C@@H](OC(C)=O)[C@H](C)O2)[C@H](C)[C@@H](O[C@@H]2O[C@H](C)C[C@H](NC)[C@H]2OCCCN2CCC(O)CC2)[C@@](C)(OC)C[C@@H](C)C(=O)[C@H](C)[C@@H](O)[C@]1(C)O. The van der Waals surface area contributed by atoms with Gasteiger partial charge in [0.05, 0.1) is 48.1 Å². The van der Waals surface area contributed by atoms with Gasteiger partial charge in [-0.3, -0.25) is 14.4 Å². The van der Waals surface area contributed by atoms with Crippen LogP contribution in [0.4, 0.5) is 0 Å². The molecule has 372 valence electrons. The second kappa shape index (κ2) is 23.4. The number of ketones is 1. The fourth-order valence-electron chi connectivity index (χ4n) is 10.6. The van der Waals surface area contributed by atoms with Crippen molar-refractivity contribution in [3.8, 4) is 0 Å². The van der Waals surface area contributed by atoms with Crippen LogP contribution in [0.25, 0.3) is 0 Å². The summed E-state index contributed by atoms with van der Waals surface area (Å²) in [7, 11) is 4.95. The number of piperidine rings is 1. The third kappa shape index (κ3) is 13.0. The summed E-state index contributed by atoms with van der Waals surface area (Å²) < 4.78 is 58.1. The lowest BCUT2D eigenvalue weighted by molar-refractivity contribution is -0.320. The molecule has 4 fully saturated rings. The van der Waals surface area contributed by atoms with Crippen LogP contribution >= 0.6 is 0 Å². The molecular formula is C47H84N2O15. The van der Waals surface area contributed by atoms with E-state index in [1.165, 1.54) is 21.0 Å². The van der Waals surface area contributed by atoms with Crippen molar-refractivity contribution < 1.29 is 72.3 Å². The zero-order valence-corrected chi connectivity index (χ0v) is 41.2. The lowest BCUT2D eigenvalue weighted by Crippen LogP contribution is -2.62. The lowest BCUT2D eigenvalue weighted by atomic mass is 9.74. The van der Waals surface area contributed by atoms with Gasteiger partial charge in [-0.25, -0.2) is 0 Å². The normalized spacial score (nSPS) is 43.9. The van der Waals surface area contributed by atoms with Gasteiger partial charge in [-0.1, -0.05) is 27.7 Å². The summed E-state index contributed by atoms with van der Waals surface area (Å²) in [5, 5.41) is 36.9. The molecule has 4 aliphatic heterocycles. The van der Waals surface area contributed by atoms with E-state index in [2.05, 4.69) is 10.2 Å². The van der Waals surface area contributed by atoms with Crippen LogP contribution < -0.4 is 5.32 Å². The number of carbonyl (C=O) groups excluding carboxylic acids is 3. The number of hydrogen-bond donors (Lipinski definition) is 4. The standard InChI is InChI=1S/C47H84N2O15/c1-15-35-47(11,55)40(53)28(4)37(52)26(2)24-45(9,56-13)41(64-44-39(34(48-12)23-27(3)59-44)58-22-16-19-49-20-17-33(51)18-21-49)29(5)38(30(6)43(54)62-35)63-36-25-46(10,57-14)42(31(7)60-36)61-32(8)50/h26-31,33-36,38-42,44,48,51,53,55H,15-25H2,1-14H3/t26-,27-,28+,29+,30-,31+,34+,35-,36+,38+,39-,40-,41-,42+,44+,45+,46-,47-/m1/s1. The third-order valence-electron chi connectivity index (χ3n) is 14.7. The van der Waals surface area contributed by atoms with Gasteiger partial charge in [0.2, 0.25) is 0 Å². The van der Waals surface area contributed by atoms with Crippen molar-refractivity contribution in [1.82, 2.24) is 10.2 Å². The number of nitrogens with zero attached hydrogens (tertiary/aromatic N) is 1. The van der Waals surface area contributed by atoms with Crippen LogP contribution in [0, 0.1) is 23.7 Å².